The van der Waals surface area contributed by atoms with Crippen molar-refractivity contribution in [3.05, 3.63) is 30.2 Å². The van der Waals surface area contributed by atoms with Crippen LogP contribution in [0.5, 0.6) is 0 Å². The van der Waals surface area contributed by atoms with E-state index < -0.39 is 0 Å². The first-order valence-electron chi connectivity index (χ1n) is 4.60. The molecular weight excluding hydrogens is 242 g/mol. The molecule has 2 N–H and O–H groups in total. The van der Waals surface area contributed by atoms with Gasteiger partial charge in [-0.1, -0.05) is 11.8 Å². The molecule has 0 spiro atoms. The largest absolute Gasteiger partial charge is 0.472 e. The molecule has 4 nitrogen and oxygen atoms in total. The summed E-state index contributed by atoms with van der Waals surface area (Å²) in [6.45, 7) is 0. The van der Waals surface area contributed by atoms with Crippen LogP contribution < -0.4 is 5.73 Å². The second-order valence-corrected chi connectivity index (χ2v) is 4.81. The molecule has 0 fully saturated rings. The molecule has 0 aliphatic rings. The second-order valence-electron chi connectivity index (χ2n) is 3.04. The Labute approximate surface area is 102 Å². The average molecular weight is 253 g/mol. The maximum atomic E-state index is 5.69. The highest BCUT2D eigenvalue weighted by Crippen LogP contribution is 2.23. The molecule has 0 aromatic carbocycles. The summed E-state index contributed by atoms with van der Waals surface area (Å²) in [5.41, 5.74) is 6.80. The molecule has 2 rings (SSSR count). The molecule has 0 amide bonds. The summed E-state index contributed by atoms with van der Waals surface area (Å²) in [6, 6.07) is 3.70. The quantitative estimate of drug-likeness (QED) is 0.513. The van der Waals surface area contributed by atoms with Crippen LogP contribution in [0.15, 0.2) is 39.3 Å². The van der Waals surface area contributed by atoms with Crippen molar-refractivity contribution in [1.82, 2.24) is 9.97 Å². The van der Waals surface area contributed by atoms with Crippen LogP contribution in [0.3, 0.4) is 0 Å². The van der Waals surface area contributed by atoms with E-state index in [1.807, 2.05) is 12.3 Å². The van der Waals surface area contributed by atoms with Gasteiger partial charge in [-0.2, -0.15) is 0 Å². The van der Waals surface area contributed by atoms with Gasteiger partial charge in [0, 0.05) is 17.4 Å². The van der Waals surface area contributed by atoms with E-state index in [1.165, 1.54) is 0 Å². The van der Waals surface area contributed by atoms with Gasteiger partial charge in [-0.3, -0.25) is 0 Å². The van der Waals surface area contributed by atoms with Crippen molar-refractivity contribution in [3.8, 4) is 0 Å². The lowest BCUT2D eigenvalue weighted by Crippen LogP contribution is -1.96. The first-order chi connectivity index (χ1) is 7.78. The normalized spacial score (nSPS) is 10.6. The summed E-state index contributed by atoms with van der Waals surface area (Å²) >= 11 is 3.10. The van der Waals surface area contributed by atoms with Crippen molar-refractivity contribution < 1.29 is 4.42 Å². The van der Waals surface area contributed by atoms with Crippen molar-refractivity contribution in [3.63, 3.8) is 0 Å². The number of hydrogen-bond donors (Lipinski definition) is 1. The van der Waals surface area contributed by atoms with Gasteiger partial charge in [-0.05, 0) is 12.3 Å². The summed E-state index contributed by atoms with van der Waals surface area (Å²) in [5.74, 6) is 1.29. The Morgan fingerprint density at radius 2 is 2.31 bits per heavy atom. The zero-order valence-corrected chi connectivity index (χ0v) is 10.3. The van der Waals surface area contributed by atoms with Crippen LogP contribution in [-0.2, 0) is 5.75 Å². The number of nitrogens with zero attached hydrogens (tertiary/aromatic N) is 2. The molecule has 0 saturated carbocycles. The van der Waals surface area contributed by atoms with Crippen molar-refractivity contribution in [1.29, 1.82) is 0 Å². The lowest BCUT2D eigenvalue weighted by molar-refractivity contribution is 0.565. The van der Waals surface area contributed by atoms with E-state index in [-0.39, 0.29) is 0 Å². The number of rotatable bonds is 4. The fraction of sp³-hybridized carbons (Fsp3) is 0.200. The number of thioether (sulfide) groups is 2. The van der Waals surface area contributed by atoms with E-state index in [1.54, 1.807) is 42.1 Å². The molecule has 0 unspecified atom stereocenters. The standard InChI is InChI=1S/C10H11N3OS2/c1-15-9-4-8(11)12-10(13-9)16-6-7-2-3-14-5-7/h2-5H,6H2,1H3,(H2,11,12,13). The maximum Gasteiger partial charge on any atom is 0.190 e. The minimum absolute atomic E-state index is 0.508. The van der Waals surface area contributed by atoms with Gasteiger partial charge in [-0.25, -0.2) is 9.97 Å². The van der Waals surface area contributed by atoms with Crippen LogP contribution in [-0.4, -0.2) is 16.2 Å². The number of anilines is 1. The van der Waals surface area contributed by atoms with Gasteiger partial charge in [0.15, 0.2) is 5.16 Å². The van der Waals surface area contributed by atoms with Crippen LogP contribution in [0, 0.1) is 0 Å². The van der Waals surface area contributed by atoms with Crippen molar-refractivity contribution in [2.45, 2.75) is 15.9 Å². The van der Waals surface area contributed by atoms with E-state index >= 15 is 0 Å². The lowest BCUT2D eigenvalue weighted by atomic mass is 10.4. The Hall–Kier alpha value is -1.14. The highest BCUT2D eigenvalue weighted by Gasteiger charge is 2.04. The van der Waals surface area contributed by atoms with Gasteiger partial charge in [0.25, 0.3) is 0 Å². The van der Waals surface area contributed by atoms with Gasteiger partial charge in [0.05, 0.1) is 12.5 Å². The van der Waals surface area contributed by atoms with Crippen LogP contribution in [0.2, 0.25) is 0 Å². The Bertz CT molecular complexity index is 459. The fourth-order valence-corrected chi connectivity index (χ4v) is 2.38. The molecule has 6 heteroatoms. The molecule has 0 aliphatic carbocycles. The third-order valence-corrected chi connectivity index (χ3v) is 3.40. The SMILES string of the molecule is CSc1cc(N)nc(SCc2ccoc2)n1. The Morgan fingerprint density at radius 1 is 1.44 bits per heavy atom. The lowest BCUT2D eigenvalue weighted by Gasteiger charge is -2.02. The molecule has 0 bridgehead atoms. The smallest absolute Gasteiger partial charge is 0.190 e. The first-order valence-corrected chi connectivity index (χ1v) is 6.81. The zero-order chi connectivity index (χ0) is 11.4. The predicted molar refractivity (Wildman–Crippen MR) is 66.5 cm³/mol. The first kappa shape index (κ1) is 11.3. The predicted octanol–water partition coefficient (Wildman–Crippen LogP) is 2.67. The van der Waals surface area contributed by atoms with E-state index in [2.05, 4.69) is 9.97 Å². The van der Waals surface area contributed by atoms with Crippen LogP contribution in [0.25, 0.3) is 0 Å². The Morgan fingerprint density at radius 3 is 3.00 bits per heavy atom. The average Bonchev–Trinajstić information content (AvgIpc) is 2.78. The number of nitrogens with two attached hydrogens (primary N) is 1. The molecule has 2 aromatic heterocycles. The highest BCUT2D eigenvalue weighted by molar-refractivity contribution is 7.99. The number of nitrogen functional groups attached to an aromatic ring is 1. The Kier molecular flexibility index (Phi) is 3.74. The summed E-state index contributed by atoms with van der Waals surface area (Å²) in [7, 11) is 0. The molecule has 0 radical (unpaired) electrons. The third kappa shape index (κ3) is 2.93. The molecule has 16 heavy (non-hydrogen) atoms. The molecule has 2 aromatic rings. The fourth-order valence-electron chi connectivity index (χ4n) is 1.11. The van der Waals surface area contributed by atoms with E-state index in [9.17, 15) is 0 Å². The van der Waals surface area contributed by atoms with Gasteiger partial charge < -0.3 is 10.2 Å². The molecule has 0 atom stereocenters. The molecule has 84 valence electrons. The summed E-state index contributed by atoms with van der Waals surface area (Å²) in [5, 5.41) is 1.59. The second kappa shape index (κ2) is 5.27. The molecule has 0 aliphatic heterocycles. The van der Waals surface area contributed by atoms with E-state index in [4.69, 9.17) is 10.2 Å². The number of furan rings is 1. The molecule has 0 saturated heterocycles. The topological polar surface area (TPSA) is 64.9 Å². The summed E-state index contributed by atoms with van der Waals surface area (Å²) < 4.78 is 4.99. The summed E-state index contributed by atoms with van der Waals surface area (Å²) in [6.07, 6.45) is 5.34. The maximum absolute atomic E-state index is 5.69. The Balaban J connectivity index is 2.06. The van der Waals surface area contributed by atoms with Crippen molar-refractivity contribution >= 4 is 29.3 Å². The van der Waals surface area contributed by atoms with Crippen LogP contribution >= 0.6 is 23.5 Å². The molecule has 2 heterocycles. The minimum Gasteiger partial charge on any atom is -0.472 e. The van der Waals surface area contributed by atoms with Gasteiger partial charge in [0.1, 0.15) is 10.8 Å². The van der Waals surface area contributed by atoms with Crippen molar-refractivity contribution in [2.75, 3.05) is 12.0 Å². The minimum atomic E-state index is 0.508. The number of aromatic nitrogens is 2. The van der Waals surface area contributed by atoms with E-state index in [0.717, 1.165) is 16.3 Å². The third-order valence-electron chi connectivity index (χ3n) is 1.86. The van der Waals surface area contributed by atoms with Crippen LogP contribution in [0.1, 0.15) is 5.56 Å². The van der Waals surface area contributed by atoms with Crippen LogP contribution in [0.4, 0.5) is 5.82 Å². The van der Waals surface area contributed by atoms with E-state index in [0.29, 0.717) is 11.0 Å². The highest BCUT2D eigenvalue weighted by atomic mass is 32.2. The monoisotopic (exact) mass is 253 g/mol. The van der Waals surface area contributed by atoms with Gasteiger partial charge >= 0.3 is 0 Å². The van der Waals surface area contributed by atoms with Gasteiger partial charge in [-0.15, -0.1) is 11.8 Å². The van der Waals surface area contributed by atoms with Gasteiger partial charge in [0.2, 0.25) is 0 Å². The zero-order valence-electron chi connectivity index (χ0n) is 8.71. The van der Waals surface area contributed by atoms with Crippen molar-refractivity contribution in [2.24, 2.45) is 0 Å². The number of hydrogen-bond acceptors (Lipinski definition) is 6. The molecular formula is C10H11N3OS2. The summed E-state index contributed by atoms with van der Waals surface area (Å²) in [4.78, 5) is 8.52.